The lowest BCUT2D eigenvalue weighted by Crippen LogP contribution is -2.40. The third-order valence-corrected chi connectivity index (χ3v) is 3.94. The fourth-order valence-electron chi connectivity index (χ4n) is 1.75. The highest BCUT2D eigenvalue weighted by Gasteiger charge is 2.21. The molecule has 0 unspecified atom stereocenters. The molecule has 1 aromatic carbocycles. The van der Waals surface area contributed by atoms with Crippen LogP contribution in [0.3, 0.4) is 0 Å². The normalized spacial score (nSPS) is 10.7. The van der Waals surface area contributed by atoms with Crippen molar-refractivity contribution in [1.82, 2.24) is 5.32 Å². The zero-order valence-electron chi connectivity index (χ0n) is 13.1. The van der Waals surface area contributed by atoms with E-state index in [-0.39, 0.29) is 25.4 Å². The van der Waals surface area contributed by atoms with E-state index in [1.54, 1.807) is 6.92 Å². The summed E-state index contributed by atoms with van der Waals surface area (Å²) in [7, 11) is -3.65. The molecule has 126 valence electrons. The lowest BCUT2D eigenvalue weighted by atomic mass is 10.2. The van der Waals surface area contributed by atoms with Crippen LogP contribution in [-0.4, -0.2) is 46.2 Å². The number of sulfonamides is 1. The monoisotopic (exact) mass is 340 g/mol. The molecular weight excluding hydrogens is 320 g/mol. The molecule has 0 aliphatic heterocycles. The minimum absolute atomic E-state index is 0.248. The Morgan fingerprint density at radius 2 is 1.91 bits per heavy atom. The van der Waals surface area contributed by atoms with Crippen LogP contribution in [-0.2, 0) is 19.6 Å². The summed E-state index contributed by atoms with van der Waals surface area (Å²) in [5.74, 6) is -0.946. The summed E-state index contributed by atoms with van der Waals surface area (Å²) in [6.45, 7) is 5.31. The molecule has 7 nitrogen and oxygen atoms in total. The van der Waals surface area contributed by atoms with Crippen LogP contribution in [0.1, 0.15) is 17.3 Å². The number of hydrogen-bond acceptors (Lipinski definition) is 5. The fourth-order valence-corrected chi connectivity index (χ4v) is 2.61. The Kier molecular flexibility index (Phi) is 6.77. The molecule has 0 aliphatic rings. The van der Waals surface area contributed by atoms with Gasteiger partial charge >= 0.3 is 5.97 Å². The van der Waals surface area contributed by atoms with Gasteiger partial charge in [0, 0.05) is 6.54 Å². The lowest BCUT2D eigenvalue weighted by molar-refractivity contribution is -0.119. The van der Waals surface area contributed by atoms with Gasteiger partial charge in [0.25, 0.3) is 0 Å². The van der Waals surface area contributed by atoms with Gasteiger partial charge in [0.05, 0.1) is 24.1 Å². The standard InChI is InChI=1S/C15H20N2O5S/c1-4-10-16-14(18)11-17(23(3,20)21)13-8-6-12(7-9-13)15(19)22-5-2/h4,6-9H,1,5,10-11H2,2-3H3,(H,16,18). The number of esters is 1. The summed E-state index contributed by atoms with van der Waals surface area (Å²) in [4.78, 5) is 23.3. The zero-order chi connectivity index (χ0) is 17.5. The molecule has 0 saturated heterocycles. The van der Waals surface area contributed by atoms with Gasteiger partial charge in [-0.05, 0) is 31.2 Å². The van der Waals surface area contributed by atoms with Crippen LogP contribution in [0.4, 0.5) is 5.69 Å². The first-order valence-electron chi connectivity index (χ1n) is 6.92. The van der Waals surface area contributed by atoms with Crippen molar-refractivity contribution >= 4 is 27.6 Å². The van der Waals surface area contributed by atoms with Crippen LogP contribution in [0.15, 0.2) is 36.9 Å². The molecule has 0 atom stereocenters. The maximum absolute atomic E-state index is 11.9. The van der Waals surface area contributed by atoms with Crippen molar-refractivity contribution in [3.05, 3.63) is 42.5 Å². The van der Waals surface area contributed by atoms with E-state index in [9.17, 15) is 18.0 Å². The number of amides is 1. The maximum Gasteiger partial charge on any atom is 0.338 e. The Labute approximate surface area is 136 Å². The van der Waals surface area contributed by atoms with Crippen molar-refractivity contribution in [3.8, 4) is 0 Å². The molecule has 0 aromatic heterocycles. The SMILES string of the molecule is C=CCNC(=O)CN(c1ccc(C(=O)OCC)cc1)S(C)(=O)=O. The Hall–Kier alpha value is -2.35. The summed E-state index contributed by atoms with van der Waals surface area (Å²) in [6, 6.07) is 5.81. The van der Waals surface area contributed by atoms with E-state index < -0.39 is 21.9 Å². The number of nitrogens with one attached hydrogen (secondary N) is 1. The van der Waals surface area contributed by atoms with E-state index in [0.717, 1.165) is 10.6 Å². The Balaban J connectivity index is 2.98. The van der Waals surface area contributed by atoms with E-state index in [4.69, 9.17) is 4.74 Å². The van der Waals surface area contributed by atoms with Crippen molar-refractivity contribution in [3.63, 3.8) is 0 Å². The minimum atomic E-state index is -3.65. The number of carbonyl (C=O) groups is 2. The third-order valence-electron chi connectivity index (χ3n) is 2.80. The number of hydrogen-bond donors (Lipinski definition) is 1. The highest BCUT2D eigenvalue weighted by molar-refractivity contribution is 7.92. The summed E-state index contributed by atoms with van der Waals surface area (Å²) in [5.41, 5.74) is 0.592. The van der Waals surface area contributed by atoms with Crippen LogP contribution < -0.4 is 9.62 Å². The second-order valence-electron chi connectivity index (χ2n) is 4.63. The second kappa shape index (κ2) is 8.33. The molecule has 0 saturated carbocycles. The van der Waals surface area contributed by atoms with E-state index in [2.05, 4.69) is 11.9 Å². The quantitative estimate of drug-likeness (QED) is 0.561. The zero-order valence-corrected chi connectivity index (χ0v) is 13.9. The van der Waals surface area contributed by atoms with Gasteiger partial charge in [-0.2, -0.15) is 0 Å². The van der Waals surface area contributed by atoms with Gasteiger partial charge in [0.2, 0.25) is 15.9 Å². The molecule has 1 aromatic rings. The fraction of sp³-hybridized carbons (Fsp3) is 0.333. The molecule has 8 heteroatoms. The number of carbonyl (C=O) groups excluding carboxylic acids is 2. The average molecular weight is 340 g/mol. The van der Waals surface area contributed by atoms with Crippen molar-refractivity contribution in [1.29, 1.82) is 0 Å². The predicted octanol–water partition coefficient (Wildman–Crippen LogP) is 0.931. The molecule has 0 bridgehead atoms. The molecule has 0 heterocycles. The predicted molar refractivity (Wildman–Crippen MR) is 87.8 cm³/mol. The van der Waals surface area contributed by atoms with E-state index in [1.807, 2.05) is 0 Å². The van der Waals surface area contributed by atoms with Crippen molar-refractivity contribution in [2.45, 2.75) is 6.92 Å². The van der Waals surface area contributed by atoms with Crippen LogP contribution >= 0.6 is 0 Å². The number of benzene rings is 1. The Morgan fingerprint density at radius 1 is 1.30 bits per heavy atom. The Bertz CT molecular complexity index is 668. The molecule has 1 N–H and O–H groups in total. The smallest absolute Gasteiger partial charge is 0.338 e. The maximum atomic E-state index is 11.9. The van der Waals surface area contributed by atoms with Gasteiger partial charge < -0.3 is 10.1 Å². The molecule has 0 spiro atoms. The van der Waals surface area contributed by atoms with E-state index in [1.165, 1.54) is 30.3 Å². The van der Waals surface area contributed by atoms with E-state index >= 15 is 0 Å². The van der Waals surface area contributed by atoms with Gasteiger partial charge in [-0.3, -0.25) is 9.10 Å². The number of ether oxygens (including phenoxy) is 1. The van der Waals surface area contributed by atoms with Crippen LogP contribution in [0.2, 0.25) is 0 Å². The summed E-state index contributed by atoms with van der Waals surface area (Å²) in [5, 5.41) is 2.51. The van der Waals surface area contributed by atoms with Crippen molar-refractivity contribution < 1.29 is 22.7 Å². The number of nitrogens with zero attached hydrogens (tertiary/aromatic N) is 1. The first kappa shape index (κ1) is 18.7. The van der Waals surface area contributed by atoms with Gasteiger partial charge in [0.15, 0.2) is 0 Å². The summed E-state index contributed by atoms with van der Waals surface area (Å²) < 4.78 is 29.6. The second-order valence-corrected chi connectivity index (χ2v) is 6.54. The highest BCUT2D eigenvalue weighted by atomic mass is 32.2. The first-order valence-corrected chi connectivity index (χ1v) is 8.77. The Morgan fingerprint density at radius 3 is 2.39 bits per heavy atom. The third kappa shape index (κ3) is 5.74. The number of anilines is 1. The topological polar surface area (TPSA) is 92.8 Å². The molecule has 0 aliphatic carbocycles. The van der Waals surface area contributed by atoms with Crippen molar-refractivity contribution in [2.75, 3.05) is 30.3 Å². The highest BCUT2D eigenvalue weighted by Crippen LogP contribution is 2.18. The molecule has 1 rings (SSSR count). The van der Waals surface area contributed by atoms with Crippen molar-refractivity contribution in [2.24, 2.45) is 0 Å². The largest absolute Gasteiger partial charge is 0.462 e. The minimum Gasteiger partial charge on any atom is -0.462 e. The number of rotatable bonds is 8. The van der Waals surface area contributed by atoms with Gasteiger partial charge in [-0.25, -0.2) is 13.2 Å². The molecular formula is C15H20N2O5S. The molecule has 0 fully saturated rings. The summed E-state index contributed by atoms with van der Waals surface area (Å²) >= 11 is 0. The van der Waals surface area contributed by atoms with Crippen LogP contribution in [0.25, 0.3) is 0 Å². The molecule has 0 radical (unpaired) electrons. The van der Waals surface area contributed by atoms with Crippen LogP contribution in [0.5, 0.6) is 0 Å². The van der Waals surface area contributed by atoms with Gasteiger partial charge in [-0.15, -0.1) is 6.58 Å². The first-order chi connectivity index (χ1) is 10.8. The lowest BCUT2D eigenvalue weighted by Gasteiger charge is -2.21. The molecule has 23 heavy (non-hydrogen) atoms. The summed E-state index contributed by atoms with van der Waals surface area (Å²) in [6.07, 6.45) is 2.50. The van der Waals surface area contributed by atoms with Gasteiger partial charge in [-0.1, -0.05) is 6.08 Å². The van der Waals surface area contributed by atoms with Gasteiger partial charge in [0.1, 0.15) is 6.54 Å². The average Bonchev–Trinajstić information content (AvgIpc) is 2.50. The van der Waals surface area contributed by atoms with Crippen LogP contribution in [0, 0.1) is 0 Å². The van der Waals surface area contributed by atoms with E-state index in [0.29, 0.717) is 5.56 Å². The molecule has 1 amide bonds.